The Morgan fingerprint density at radius 2 is 1.95 bits per heavy atom. The average Bonchev–Trinajstić information content (AvgIpc) is 2.39. The molecule has 0 atom stereocenters. The third-order valence-electron chi connectivity index (χ3n) is 2.95. The van der Waals surface area contributed by atoms with Gasteiger partial charge in [-0.25, -0.2) is 4.39 Å². The smallest absolute Gasteiger partial charge is 0.127 e. The first-order valence-corrected chi connectivity index (χ1v) is 7.33. The topological polar surface area (TPSA) is 12.0 Å². The van der Waals surface area contributed by atoms with E-state index in [0.717, 1.165) is 21.7 Å². The van der Waals surface area contributed by atoms with Gasteiger partial charge in [-0.05, 0) is 30.7 Å². The van der Waals surface area contributed by atoms with Gasteiger partial charge in [0.25, 0.3) is 0 Å². The SMILES string of the molecule is CNc1cccc(Cl)c1SCc1c(C)cccc1F. The van der Waals surface area contributed by atoms with Gasteiger partial charge in [0.15, 0.2) is 0 Å². The fraction of sp³-hybridized carbons (Fsp3) is 0.200. The predicted molar refractivity (Wildman–Crippen MR) is 81.7 cm³/mol. The molecule has 0 amide bonds. The second-order valence-electron chi connectivity index (χ2n) is 4.19. The predicted octanol–water partition coefficient (Wildman–Crippen LogP) is 5.12. The minimum atomic E-state index is -0.162. The van der Waals surface area contributed by atoms with Crippen molar-refractivity contribution >= 4 is 29.1 Å². The number of thioether (sulfide) groups is 1. The molecular formula is C15H15ClFNS. The van der Waals surface area contributed by atoms with E-state index in [1.165, 1.54) is 6.07 Å². The van der Waals surface area contributed by atoms with Crippen molar-refractivity contribution < 1.29 is 4.39 Å². The number of halogens is 2. The zero-order chi connectivity index (χ0) is 13.8. The molecule has 0 aliphatic rings. The van der Waals surface area contributed by atoms with Crippen molar-refractivity contribution in [3.63, 3.8) is 0 Å². The van der Waals surface area contributed by atoms with Crippen LogP contribution in [0.15, 0.2) is 41.3 Å². The van der Waals surface area contributed by atoms with Crippen LogP contribution in [-0.2, 0) is 5.75 Å². The summed E-state index contributed by atoms with van der Waals surface area (Å²) in [6.45, 7) is 1.92. The van der Waals surface area contributed by atoms with E-state index in [1.807, 2.05) is 38.2 Å². The van der Waals surface area contributed by atoms with Crippen LogP contribution in [-0.4, -0.2) is 7.05 Å². The molecule has 0 aliphatic heterocycles. The summed E-state index contributed by atoms with van der Waals surface area (Å²) >= 11 is 7.74. The normalized spacial score (nSPS) is 10.5. The lowest BCUT2D eigenvalue weighted by molar-refractivity contribution is 0.615. The highest BCUT2D eigenvalue weighted by Crippen LogP contribution is 2.36. The number of anilines is 1. The van der Waals surface area contributed by atoms with Gasteiger partial charge in [-0.2, -0.15) is 0 Å². The van der Waals surface area contributed by atoms with E-state index in [9.17, 15) is 4.39 Å². The molecule has 2 aromatic rings. The van der Waals surface area contributed by atoms with Crippen molar-refractivity contribution in [3.05, 3.63) is 58.4 Å². The summed E-state index contributed by atoms with van der Waals surface area (Å²) in [6.07, 6.45) is 0. The zero-order valence-electron chi connectivity index (χ0n) is 10.8. The van der Waals surface area contributed by atoms with Crippen molar-refractivity contribution in [2.75, 3.05) is 12.4 Å². The second-order valence-corrected chi connectivity index (χ2v) is 5.58. The fourth-order valence-corrected chi connectivity index (χ4v) is 3.37. The van der Waals surface area contributed by atoms with Crippen molar-refractivity contribution in [1.29, 1.82) is 0 Å². The molecule has 100 valence electrons. The van der Waals surface area contributed by atoms with Gasteiger partial charge in [-0.15, -0.1) is 11.8 Å². The lowest BCUT2D eigenvalue weighted by atomic mass is 10.1. The largest absolute Gasteiger partial charge is 0.387 e. The number of benzene rings is 2. The van der Waals surface area contributed by atoms with Crippen LogP contribution in [0.2, 0.25) is 5.02 Å². The first kappa shape index (κ1) is 14.2. The highest BCUT2D eigenvalue weighted by atomic mass is 35.5. The van der Waals surface area contributed by atoms with E-state index >= 15 is 0 Å². The highest BCUT2D eigenvalue weighted by Gasteiger charge is 2.10. The molecule has 0 bridgehead atoms. The molecule has 1 N–H and O–H groups in total. The maximum Gasteiger partial charge on any atom is 0.127 e. The Morgan fingerprint density at radius 1 is 1.21 bits per heavy atom. The quantitative estimate of drug-likeness (QED) is 0.786. The number of hydrogen-bond donors (Lipinski definition) is 1. The molecule has 0 aromatic heterocycles. The summed E-state index contributed by atoms with van der Waals surface area (Å²) < 4.78 is 13.8. The van der Waals surface area contributed by atoms with Gasteiger partial charge < -0.3 is 5.32 Å². The molecule has 0 heterocycles. The molecule has 0 saturated heterocycles. The summed E-state index contributed by atoms with van der Waals surface area (Å²) in [4.78, 5) is 0.953. The molecule has 0 saturated carbocycles. The van der Waals surface area contributed by atoms with Crippen LogP contribution in [0.4, 0.5) is 10.1 Å². The molecule has 2 aromatic carbocycles. The van der Waals surface area contributed by atoms with Crippen LogP contribution in [0.1, 0.15) is 11.1 Å². The Balaban J connectivity index is 2.24. The molecule has 0 radical (unpaired) electrons. The van der Waals surface area contributed by atoms with E-state index in [0.29, 0.717) is 10.8 Å². The van der Waals surface area contributed by atoms with Crippen LogP contribution >= 0.6 is 23.4 Å². The van der Waals surface area contributed by atoms with E-state index in [4.69, 9.17) is 11.6 Å². The Labute approximate surface area is 122 Å². The third-order valence-corrected chi connectivity index (χ3v) is 4.54. The Hall–Kier alpha value is -1.19. The second kappa shape index (κ2) is 6.31. The highest BCUT2D eigenvalue weighted by molar-refractivity contribution is 7.98. The number of aryl methyl sites for hydroxylation is 1. The van der Waals surface area contributed by atoms with E-state index < -0.39 is 0 Å². The van der Waals surface area contributed by atoms with Gasteiger partial charge in [0, 0.05) is 28.9 Å². The molecule has 0 spiro atoms. The van der Waals surface area contributed by atoms with Crippen molar-refractivity contribution in [3.8, 4) is 0 Å². The molecule has 4 heteroatoms. The van der Waals surface area contributed by atoms with Crippen LogP contribution in [0.5, 0.6) is 0 Å². The number of rotatable bonds is 4. The van der Waals surface area contributed by atoms with E-state index in [-0.39, 0.29) is 5.82 Å². The lowest BCUT2D eigenvalue weighted by Crippen LogP contribution is -1.94. The monoisotopic (exact) mass is 295 g/mol. The van der Waals surface area contributed by atoms with Gasteiger partial charge in [-0.1, -0.05) is 29.8 Å². The summed E-state index contributed by atoms with van der Waals surface area (Å²) in [5, 5.41) is 3.79. The van der Waals surface area contributed by atoms with Gasteiger partial charge in [0.05, 0.1) is 5.02 Å². The Kier molecular flexibility index (Phi) is 4.72. The first-order chi connectivity index (χ1) is 9.13. The van der Waals surface area contributed by atoms with Crippen LogP contribution < -0.4 is 5.32 Å². The summed E-state index contributed by atoms with van der Waals surface area (Å²) in [7, 11) is 1.85. The fourth-order valence-electron chi connectivity index (χ4n) is 1.85. The average molecular weight is 296 g/mol. The lowest BCUT2D eigenvalue weighted by Gasteiger charge is -2.12. The van der Waals surface area contributed by atoms with Crippen molar-refractivity contribution in [2.45, 2.75) is 17.6 Å². The first-order valence-electron chi connectivity index (χ1n) is 5.96. The zero-order valence-corrected chi connectivity index (χ0v) is 12.4. The molecule has 0 aliphatic carbocycles. The van der Waals surface area contributed by atoms with Crippen LogP contribution in [0, 0.1) is 12.7 Å². The van der Waals surface area contributed by atoms with Crippen molar-refractivity contribution in [1.82, 2.24) is 0 Å². The van der Waals surface area contributed by atoms with Crippen LogP contribution in [0.25, 0.3) is 0 Å². The Bertz CT molecular complexity index is 566. The van der Waals surface area contributed by atoms with E-state index in [1.54, 1.807) is 17.8 Å². The minimum absolute atomic E-state index is 0.162. The van der Waals surface area contributed by atoms with Crippen molar-refractivity contribution in [2.24, 2.45) is 0 Å². The molecular weight excluding hydrogens is 281 g/mol. The maximum atomic E-state index is 13.8. The maximum absolute atomic E-state index is 13.8. The minimum Gasteiger partial charge on any atom is -0.387 e. The number of nitrogens with one attached hydrogen (secondary N) is 1. The van der Waals surface area contributed by atoms with Gasteiger partial charge in [-0.3, -0.25) is 0 Å². The summed E-state index contributed by atoms with van der Waals surface area (Å²) in [5.74, 6) is 0.405. The molecule has 2 rings (SSSR count). The number of hydrogen-bond acceptors (Lipinski definition) is 2. The van der Waals surface area contributed by atoms with Gasteiger partial charge in [0.1, 0.15) is 5.82 Å². The summed E-state index contributed by atoms with van der Waals surface area (Å²) in [6, 6.07) is 10.8. The van der Waals surface area contributed by atoms with E-state index in [2.05, 4.69) is 5.32 Å². The third kappa shape index (κ3) is 3.23. The molecule has 1 nitrogen and oxygen atoms in total. The molecule has 19 heavy (non-hydrogen) atoms. The Morgan fingerprint density at radius 3 is 2.63 bits per heavy atom. The van der Waals surface area contributed by atoms with Crippen LogP contribution in [0.3, 0.4) is 0 Å². The standard InChI is InChI=1S/C15H15ClFNS/c1-10-5-3-7-13(17)11(10)9-19-15-12(16)6-4-8-14(15)18-2/h3-8,18H,9H2,1-2H3. The molecule has 0 fully saturated rings. The van der Waals surface area contributed by atoms with Gasteiger partial charge >= 0.3 is 0 Å². The van der Waals surface area contributed by atoms with Gasteiger partial charge in [0.2, 0.25) is 0 Å². The summed E-state index contributed by atoms with van der Waals surface area (Å²) in [5.41, 5.74) is 2.66. The molecule has 0 unspecified atom stereocenters.